The van der Waals surface area contributed by atoms with E-state index in [0.717, 1.165) is 12.0 Å². The second kappa shape index (κ2) is 4.17. The first-order chi connectivity index (χ1) is 5.74. The van der Waals surface area contributed by atoms with Crippen molar-refractivity contribution in [2.45, 2.75) is 13.3 Å². The summed E-state index contributed by atoms with van der Waals surface area (Å²) in [6.45, 7) is 1.97. The maximum Gasteiger partial charge on any atom is 0.134 e. The Morgan fingerprint density at radius 3 is 2.83 bits per heavy atom. The molecule has 1 rings (SSSR count). The zero-order chi connectivity index (χ0) is 8.97. The highest BCUT2D eigenvalue weighted by molar-refractivity contribution is 6.32. The van der Waals surface area contributed by atoms with Crippen LogP contribution in [-0.4, -0.2) is 5.11 Å². The normalized spacial score (nSPS) is 10.8. The highest BCUT2D eigenvalue weighted by Gasteiger charge is 1.97. The van der Waals surface area contributed by atoms with Crippen molar-refractivity contribution in [1.29, 1.82) is 0 Å². The van der Waals surface area contributed by atoms with E-state index in [1.165, 1.54) is 0 Å². The van der Waals surface area contributed by atoms with Gasteiger partial charge >= 0.3 is 0 Å². The molecule has 0 saturated carbocycles. The lowest BCUT2D eigenvalue weighted by Gasteiger charge is -1.99. The van der Waals surface area contributed by atoms with Crippen LogP contribution in [0.15, 0.2) is 30.4 Å². The van der Waals surface area contributed by atoms with Crippen LogP contribution in [0.25, 0.3) is 0 Å². The molecular formula is C10H11ClO. The second-order valence-electron chi connectivity index (χ2n) is 2.56. The number of benzene rings is 1. The van der Waals surface area contributed by atoms with Gasteiger partial charge in [-0.25, -0.2) is 0 Å². The van der Waals surface area contributed by atoms with E-state index in [0.29, 0.717) is 5.02 Å². The molecule has 1 nitrogen and oxygen atoms in total. The van der Waals surface area contributed by atoms with Crippen molar-refractivity contribution < 1.29 is 5.11 Å². The van der Waals surface area contributed by atoms with Crippen LogP contribution in [0, 0.1) is 0 Å². The molecule has 0 atom stereocenters. The van der Waals surface area contributed by atoms with E-state index in [1.54, 1.807) is 12.1 Å². The van der Waals surface area contributed by atoms with Crippen molar-refractivity contribution in [1.82, 2.24) is 0 Å². The summed E-state index contributed by atoms with van der Waals surface area (Å²) in [5.41, 5.74) is 1.11. The van der Waals surface area contributed by atoms with Gasteiger partial charge in [-0.05, 0) is 31.0 Å². The molecule has 12 heavy (non-hydrogen) atoms. The second-order valence-corrected chi connectivity index (χ2v) is 2.97. The first-order valence-corrected chi connectivity index (χ1v) is 4.20. The predicted octanol–water partition coefficient (Wildman–Crippen LogP) is 3.16. The minimum atomic E-state index is 0.140. The van der Waals surface area contributed by atoms with Gasteiger partial charge in [-0.3, -0.25) is 0 Å². The minimum Gasteiger partial charge on any atom is -0.506 e. The van der Waals surface area contributed by atoms with Crippen LogP contribution in [-0.2, 0) is 6.42 Å². The molecule has 0 aromatic heterocycles. The minimum absolute atomic E-state index is 0.140. The van der Waals surface area contributed by atoms with Crippen LogP contribution < -0.4 is 0 Å². The third-order valence-corrected chi connectivity index (χ3v) is 1.90. The molecule has 0 saturated heterocycles. The van der Waals surface area contributed by atoms with Crippen molar-refractivity contribution in [3.05, 3.63) is 40.9 Å². The molecule has 0 aliphatic rings. The van der Waals surface area contributed by atoms with Crippen LogP contribution in [0.3, 0.4) is 0 Å². The summed E-state index contributed by atoms with van der Waals surface area (Å²) in [5, 5.41) is 9.53. The number of aromatic hydroxyl groups is 1. The van der Waals surface area contributed by atoms with Crippen LogP contribution in [0.5, 0.6) is 5.75 Å². The Hall–Kier alpha value is -0.950. The molecule has 0 amide bonds. The van der Waals surface area contributed by atoms with Gasteiger partial charge in [0.1, 0.15) is 5.75 Å². The van der Waals surface area contributed by atoms with Crippen molar-refractivity contribution in [3.8, 4) is 5.75 Å². The molecule has 0 unspecified atom stereocenters. The fraction of sp³-hybridized carbons (Fsp3) is 0.200. The highest BCUT2D eigenvalue weighted by Crippen LogP contribution is 2.23. The van der Waals surface area contributed by atoms with E-state index < -0.39 is 0 Å². The SMILES string of the molecule is C/C=C/Cc1ccc(O)c(Cl)c1. The lowest BCUT2D eigenvalue weighted by molar-refractivity contribution is 0.475. The Morgan fingerprint density at radius 1 is 1.50 bits per heavy atom. The number of rotatable bonds is 2. The van der Waals surface area contributed by atoms with Crippen molar-refractivity contribution in [3.63, 3.8) is 0 Å². The Morgan fingerprint density at radius 2 is 2.25 bits per heavy atom. The average molecular weight is 183 g/mol. The molecule has 1 aromatic carbocycles. The van der Waals surface area contributed by atoms with Gasteiger partial charge in [-0.15, -0.1) is 0 Å². The van der Waals surface area contributed by atoms with E-state index in [-0.39, 0.29) is 5.75 Å². The van der Waals surface area contributed by atoms with Gasteiger partial charge in [0.2, 0.25) is 0 Å². The Bertz CT molecular complexity index is 292. The molecule has 0 radical (unpaired) electrons. The predicted molar refractivity (Wildman–Crippen MR) is 51.6 cm³/mol. The van der Waals surface area contributed by atoms with Crippen LogP contribution in [0.4, 0.5) is 0 Å². The van der Waals surface area contributed by atoms with Gasteiger partial charge < -0.3 is 5.11 Å². The molecule has 1 N–H and O–H groups in total. The molecule has 1 aromatic rings. The lowest BCUT2D eigenvalue weighted by atomic mass is 10.1. The smallest absolute Gasteiger partial charge is 0.134 e. The van der Waals surface area contributed by atoms with Gasteiger partial charge in [0.15, 0.2) is 0 Å². The Kier molecular flexibility index (Phi) is 3.18. The number of hydrogen-bond donors (Lipinski definition) is 1. The zero-order valence-corrected chi connectivity index (χ0v) is 7.67. The van der Waals surface area contributed by atoms with Crippen LogP contribution in [0.2, 0.25) is 5.02 Å². The lowest BCUT2D eigenvalue weighted by Crippen LogP contribution is -1.80. The molecule has 0 aliphatic carbocycles. The van der Waals surface area contributed by atoms with Crippen LogP contribution >= 0.6 is 11.6 Å². The first kappa shape index (κ1) is 9.14. The summed E-state index contributed by atoms with van der Waals surface area (Å²) in [5.74, 6) is 0.140. The van der Waals surface area contributed by atoms with Crippen molar-refractivity contribution in [2.75, 3.05) is 0 Å². The maximum absolute atomic E-state index is 9.12. The number of halogens is 1. The van der Waals surface area contributed by atoms with Gasteiger partial charge in [-0.2, -0.15) is 0 Å². The van der Waals surface area contributed by atoms with E-state index in [4.69, 9.17) is 16.7 Å². The number of phenolic OH excluding ortho intramolecular Hbond substituents is 1. The molecule has 2 heteroatoms. The highest BCUT2D eigenvalue weighted by atomic mass is 35.5. The summed E-state index contributed by atoms with van der Waals surface area (Å²) in [7, 11) is 0. The monoisotopic (exact) mass is 182 g/mol. The molecule has 64 valence electrons. The maximum atomic E-state index is 9.12. The first-order valence-electron chi connectivity index (χ1n) is 3.82. The fourth-order valence-corrected chi connectivity index (χ4v) is 1.13. The van der Waals surface area contributed by atoms with E-state index in [1.807, 2.05) is 25.1 Å². The Balaban J connectivity index is 2.82. The van der Waals surface area contributed by atoms with Gasteiger partial charge in [-0.1, -0.05) is 29.8 Å². The van der Waals surface area contributed by atoms with Crippen LogP contribution in [0.1, 0.15) is 12.5 Å². The Labute approximate surface area is 77.3 Å². The molecule has 0 aliphatic heterocycles. The topological polar surface area (TPSA) is 20.2 Å². The third-order valence-electron chi connectivity index (χ3n) is 1.60. The third kappa shape index (κ3) is 2.28. The van der Waals surface area contributed by atoms with E-state index in [2.05, 4.69) is 0 Å². The van der Waals surface area contributed by atoms with E-state index >= 15 is 0 Å². The summed E-state index contributed by atoms with van der Waals surface area (Å²) in [4.78, 5) is 0. The molecule has 0 spiro atoms. The summed E-state index contributed by atoms with van der Waals surface area (Å²) < 4.78 is 0. The number of hydrogen-bond acceptors (Lipinski definition) is 1. The number of phenols is 1. The van der Waals surface area contributed by atoms with Gasteiger partial charge in [0.05, 0.1) is 5.02 Å². The van der Waals surface area contributed by atoms with Crippen molar-refractivity contribution >= 4 is 11.6 Å². The van der Waals surface area contributed by atoms with Gasteiger partial charge in [0, 0.05) is 0 Å². The summed E-state index contributed by atoms with van der Waals surface area (Å²) in [6.07, 6.45) is 4.89. The average Bonchev–Trinajstić information content (AvgIpc) is 2.07. The molecule has 0 heterocycles. The van der Waals surface area contributed by atoms with E-state index in [9.17, 15) is 0 Å². The fourth-order valence-electron chi connectivity index (χ4n) is 0.931. The largest absolute Gasteiger partial charge is 0.506 e. The molecule has 0 bridgehead atoms. The molecule has 0 fully saturated rings. The summed E-state index contributed by atoms with van der Waals surface area (Å²) in [6, 6.07) is 5.25. The standard InChI is InChI=1S/C10H11ClO/c1-2-3-4-8-5-6-10(12)9(11)7-8/h2-3,5-7,12H,4H2,1H3/b3-2+. The zero-order valence-electron chi connectivity index (χ0n) is 6.92. The quantitative estimate of drug-likeness (QED) is 0.697. The van der Waals surface area contributed by atoms with Crippen molar-refractivity contribution in [2.24, 2.45) is 0 Å². The number of allylic oxidation sites excluding steroid dienone is 2. The summed E-state index contributed by atoms with van der Waals surface area (Å²) >= 11 is 5.72. The van der Waals surface area contributed by atoms with Gasteiger partial charge in [0.25, 0.3) is 0 Å². The molecular weight excluding hydrogens is 172 g/mol.